The van der Waals surface area contributed by atoms with Crippen LogP contribution in [0.4, 0.5) is 0 Å². The fourth-order valence-corrected chi connectivity index (χ4v) is 4.72. The van der Waals surface area contributed by atoms with Crippen molar-refractivity contribution in [2.24, 2.45) is 22.7 Å². The second kappa shape index (κ2) is 5.76. The lowest BCUT2D eigenvalue weighted by molar-refractivity contribution is -0.0233. The van der Waals surface area contributed by atoms with Gasteiger partial charge in [0.25, 0.3) is 0 Å². The first-order chi connectivity index (χ1) is 7.89. The average Bonchev–Trinajstić information content (AvgIpc) is 2.30. The molecule has 0 aromatic heterocycles. The third kappa shape index (κ3) is 2.88. The second-order valence-electron chi connectivity index (χ2n) is 7.30. The van der Waals surface area contributed by atoms with Gasteiger partial charge in [-0.05, 0) is 35.5 Å². The zero-order valence-corrected chi connectivity index (χ0v) is 13.1. The van der Waals surface area contributed by atoms with Crippen molar-refractivity contribution in [1.29, 1.82) is 0 Å². The van der Waals surface area contributed by atoms with Gasteiger partial charge in [0.15, 0.2) is 0 Å². The molecule has 102 valence electrons. The van der Waals surface area contributed by atoms with Crippen molar-refractivity contribution in [3.63, 3.8) is 0 Å². The molecule has 1 saturated carbocycles. The van der Waals surface area contributed by atoms with Crippen LogP contribution in [0.2, 0.25) is 0 Å². The molecule has 0 nitrogen and oxygen atoms in total. The summed E-state index contributed by atoms with van der Waals surface area (Å²) in [6.45, 7) is 14.7. The minimum atomic E-state index is 0.438. The van der Waals surface area contributed by atoms with Crippen LogP contribution in [0.5, 0.6) is 0 Å². The van der Waals surface area contributed by atoms with E-state index >= 15 is 0 Å². The molecule has 1 rings (SSSR count). The molecule has 0 radical (unpaired) electrons. The minimum absolute atomic E-state index is 0.438. The topological polar surface area (TPSA) is 0 Å². The summed E-state index contributed by atoms with van der Waals surface area (Å²) in [6.07, 6.45) is 10.1. The van der Waals surface area contributed by atoms with Gasteiger partial charge in [0.2, 0.25) is 0 Å². The van der Waals surface area contributed by atoms with Gasteiger partial charge in [-0.1, -0.05) is 73.6 Å². The number of hydrogen-bond acceptors (Lipinski definition) is 0. The molecule has 1 unspecified atom stereocenters. The fraction of sp³-hybridized carbons (Fsp3) is 1.00. The van der Waals surface area contributed by atoms with Gasteiger partial charge >= 0.3 is 0 Å². The van der Waals surface area contributed by atoms with E-state index in [1.165, 1.54) is 44.9 Å². The molecule has 0 amide bonds. The summed E-state index contributed by atoms with van der Waals surface area (Å²) < 4.78 is 0. The molecule has 0 saturated heterocycles. The van der Waals surface area contributed by atoms with Crippen molar-refractivity contribution >= 4 is 0 Å². The summed E-state index contributed by atoms with van der Waals surface area (Å²) in [4.78, 5) is 0. The van der Waals surface area contributed by atoms with Gasteiger partial charge in [-0.3, -0.25) is 0 Å². The van der Waals surface area contributed by atoms with Gasteiger partial charge in [-0.25, -0.2) is 0 Å². The molecule has 0 bridgehead atoms. The first kappa shape index (κ1) is 15.1. The van der Waals surface area contributed by atoms with E-state index in [0.717, 1.165) is 11.8 Å². The van der Waals surface area contributed by atoms with Crippen molar-refractivity contribution in [2.75, 3.05) is 0 Å². The Hall–Kier alpha value is 0. The van der Waals surface area contributed by atoms with Crippen molar-refractivity contribution in [3.05, 3.63) is 0 Å². The molecule has 0 heterocycles. The van der Waals surface area contributed by atoms with Gasteiger partial charge in [-0.2, -0.15) is 0 Å². The Kier molecular flexibility index (Phi) is 5.10. The van der Waals surface area contributed by atoms with E-state index in [1.807, 2.05) is 0 Å². The van der Waals surface area contributed by atoms with Crippen LogP contribution in [0.15, 0.2) is 0 Å². The molecular formula is C17H34. The molecular weight excluding hydrogens is 204 g/mol. The normalized spacial score (nSPS) is 21.5. The third-order valence-corrected chi connectivity index (χ3v) is 5.98. The van der Waals surface area contributed by atoms with Crippen LogP contribution in [0.25, 0.3) is 0 Å². The van der Waals surface area contributed by atoms with Crippen molar-refractivity contribution in [3.8, 4) is 0 Å². The minimum Gasteiger partial charge on any atom is -0.0648 e. The molecule has 0 heteroatoms. The Labute approximate surface area is 110 Å². The highest BCUT2D eigenvalue weighted by atomic mass is 14.5. The molecule has 0 aromatic rings. The first-order valence-electron chi connectivity index (χ1n) is 7.89. The lowest BCUT2D eigenvalue weighted by Gasteiger charge is -2.52. The highest BCUT2D eigenvalue weighted by Crippen LogP contribution is 2.54. The smallest absolute Gasteiger partial charge is 0.0226 e. The van der Waals surface area contributed by atoms with Gasteiger partial charge in [0, 0.05) is 0 Å². The van der Waals surface area contributed by atoms with Crippen LogP contribution in [-0.4, -0.2) is 0 Å². The van der Waals surface area contributed by atoms with Crippen molar-refractivity contribution < 1.29 is 0 Å². The monoisotopic (exact) mass is 238 g/mol. The van der Waals surface area contributed by atoms with Crippen LogP contribution in [0, 0.1) is 22.7 Å². The van der Waals surface area contributed by atoms with E-state index in [0.29, 0.717) is 10.8 Å². The number of rotatable bonds is 4. The summed E-state index contributed by atoms with van der Waals surface area (Å²) in [5, 5.41) is 0. The second-order valence-corrected chi connectivity index (χ2v) is 7.30. The van der Waals surface area contributed by atoms with Crippen molar-refractivity contribution in [2.45, 2.75) is 86.5 Å². The van der Waals surface area contributed by atoms with Crippen LogP contribution >= 0.6 is 0 Å². The molecule has 0 spiro atoms. The summed E-state index contributed by atoms with van der Waals surface area (Å²) in [5.74, 6) is 1.88. The van der Waals surface area contributed by atoms with E-state index in [2.05, 4.69) is 41.5 Å². The maximum Gasteiger partial charge on any atom is -0.0226 e. The molecule has 0 N–H and O–H groups in total. The van der Waals surface area contributed by atoms with Crippen LogP contribution in [0.3, 0.4) is 0 Å². The lowest BCUT2D eigenvalue weighted by Crippen LogP contribution is -2.43. The molecule has 1 aliphatic rings. The predicted octanol–water partition coefficient (Wildman–Crippen LogP) is 6.06. The fourth-order valence-electron chi connectivity index (χ4n) is 4.72. The number of hydrogen-bond donors (Lipinski definition) is 0. The molecule has 1 aliphatic carbocycles. The average molecular weight is 238 g/mol. The molecule has 0 aromatic carbocycles. The zero-order chi connectivity index (χ0) is 13.1. The van der Waals surface area contributed by atoms with E-state index < -0.39 is 0 Å². The molecule has 17 heavy (non-hydrogen) atoms. The summed E-state index contributed by atoms with van der Waals surface area (Å²) in [6, 6.07) is 0. The quantitative estimate of drug-likeness (QED) is 0.559. The Morgan fingerprint density at radius 3 is 1.76 bits per heavy atom. The Balaban J connectivity index is 2.89. The molecule has 1 fully saturated rings. The molecule has 0 aliphatic heterocycles. The maximum atomic E-state index is 2.55. The Morgan fingerprint density at radius 2 is 1.41 bits per heavy atom. The van der Waals surface area contributed by atoms with Crippen LogP contribution in [-0.2, 0) is 0 Å². The van der Waals surface area contributed by atoms with E-state index in [4.69, 9.17) is 0 Å². The predicted molar refractivity (Wildman–Crippen MR) is 78.2 cm³/mol. The van der Waals surface area contributed by atoms with Crippen molar-refractivity contribution in [1.82, 2.24) is 0 Å². The van der Waals surface area contributed by atoms with Gasteiger partial charge < -0.3 is 0 Å². The van der Waals surface area contributed by atoms with Crippen LogP contribution < -0.4 is 0 Å². The van der Waals surface area contributed by atoms with E-state index in [-0.39, 0.29) is 0 Å². The largest absolute Gasteiger partial charge is 0.0648 e. The summed E-state index contributed by atoms with van der Waals surface area (Å²) in [7, 11) is 0. The van der Waals surface area contributed by atoms with E-state index in [9.17, 15) is 0 Å². The van der Waals surface area contributed by atoms with Gasteiger partial charge in [-0.15, -0.1) is 0 Å². The van der Waals surface area contributed by atoms with E-state index in [1.54, 1.807) is 0 Å². The highest BCUT2D eigenvalue weighted by molar-refractivity contribution is 4.95. The highest BCUT2D eigenvalue weighted by Gasteiger charge is 2.45. The first-order valence-corrected chi connectivity index (χ1v) is 7.89. The standard InChI is InChI=1S/C17H34/c1-7-17(8-2,16(4,5)6)14(3)15-12-10-9-11-13-15/h14-15H,7-13H2,1-6H3. The Morgan fingerprint density at radius 1 is 0.941 bits per heavy atom. The SMILES string of the molecule is CCC(CC)(C(C)C1CCCCC1)C(C)(C)C. The van der Waals surface area contributed by atoms with Gasteiger partial charge in [0.1, 0.15) is 0 Å². The summed E-state index contributed by atoms with van der Waals surface area (Å²) >= 11 is 0. The van der Waals surface area contributed by atoms with Crippen LogP contribution in [0.1, 0.15) is 86.5 Å². The Bertz CT molecular complexity index is 211. The maximum absolute atomic E-state index is 2.55. The lowest BCUT2D eigenvalue weighted by atomic mass is 9.53. The third-order valence-electron chi connectivity index (χ3n) is 5.98. The summed E-state index contributed by atoms with van der Waals surface area (Å²) in [5.41, 5.74) is 0.975. The molecule has 1 atom stereocenters. The zero-order valence-electron chi connectivity index (χ0n) is 13.1. The van der Waals surface area contributed by atoms with Gasteiger partial charge in [0.05, 0.1) is 0 Å².